The van der Waals surface area contributed by atoms with Gasteiger partial charge in [-0.1, -0.05) is 19.8 Å². The zero-order valence-electron chi connectivity index (χ0n) is 8.98. The molecule has 0 radical (unpaired) electrons. The zero-order valence-corrected chi connectivity index (χ0v) is 8.98. The van der Waals surface area contributed by atoms with Gasteiger partial charge >= 0.3 is 6.18 Å². The molecule has 1 aliphatic carbocycles. The topological polar surface area (TPSA) is 38.0 Å². The van der Waals surface area contributed by atoms with E-state index in [1.807, 2.05) is 0 Å². The Labute approximate surface area is 88.4 Å². The van der Waals surface area contributed by atoms with Crippen molar-refractivity contribution in [2.75, 3.05) is 0 Å². The van der Waals surface area contributed by atoms with Crippen LogP contribution in [0.4, 0.5) is 13.2 Å². The summed E-state index contributed by atoms with van der Waals surface area (Å²) in [6, 6.07) is -0.618. The van der Waals surface area contributed by atoms with E-state index in [4.69, 9.17) is 5.84 Å². The number of halogens is 3. The number of nitrogens with two attached hydrogens (primary N) is 1. The fraction of sp³-hybridized carbons (Fsp3) is 1.00. The summed E-state index contributed by atoms with van der Waals surface area (Å²) in [5.41, 5.74) is 2.33. The molecule has 0 heterocycles. The van der Waals surface area contributed by atoms with Crippen molar-refractivity contribution in [2.24, 2.45) is 17.7 Å². The maximum atomic E-state index is 12.2. The lowest BCUT2D eigenvalue weighted by molar-refractivity contribution is -0.144. The Kier molecular flexibility index (Phi) is 4.40. The molecule has 3 N–H and O–H groups in total. The van der Waals surface area contributed by atoms with E-state index in [0.29, 0.717) is 5.92 Å². The summed E-state index contributed by atoms with van der Waals surface area (Å²) in [6.45, 7) is 2.09. The van der Waals surface area contributed by atoms with Gasteiger partial charge in [0, 0.05) is 6.04 Å². The molecule has 0 bridgehead atoms. The normalized spacial score (nSPS) is 30.2. The molecule has 2 nitrogen and oxygen atoms in total. The number of hydrogen-bond acceptors (Lipinski definition) is 2. The van der Waals surface area contributed by atoms with Crippen LogP contribution in [0.2, 0.25) is 0 Å². The highest BCUT2D eigenvalue weighted by atomic mass is 19.4. The van der Waals surface area contributed by atoms with Gasteiger partial charge in [0.1, 0.15) is 0 Å². The first-order chi connectivity index (χ1) is 6.92. The minimum absolute atomic E-state index is 0.0698. The van der Waals surface area contributed by atoms with Crippen LogP contribution < -0.4 is 11.3 Å². The summed E-state index contributed by atoms with van der Waals surface area (Å²) >= 11 is 0. The number of hydrazine groups is 1. The van der Waals surface area contributed by atoms with Crippen LogP contribution in [0.25, 0.3) is 0 Å². The van der Waals surface area contributed by atoms with Gasteiger partial charge in [0.2, 0.25) is 0 Å². The lowest BCUT2D eigenvalue weighted by Gasteiger charge is -2.33. The molecule has 0 aromatic carbocycles. The van der Waals surface area contributed by atoms with Crippen molar-refractivity contribution in [3.8, 4) is 0 Å². The van der Waals surface area contributed by atoms with E-state index in [0.717, 1.165) is 25.7 Å². The van der Waals surface area contributed by atoms with Crippen molar-refractivity contribution in [1.82, 2.24) is 5.43 Å². The van der Waals surface area contributed by atoms with E-state index >= 15 is 0 Å². The van der Waals surface area contributed by atoms with E-state index in [-0.39, 0.29) is 5.92 Å². The molecule has 1 rings (SSSR count). The molecule has 1 fully saturated rings. The lowest BCUT2D eigenvalue weighted by Crippen LogP contribution is -2.45. The van der Waals surface area contributed by atoms with Gasteiger partial charge in [-0.2, -0.15) is 13.2 Å². The van der Waals surface area contributed by atoms with Gasteiger partial charge in [-0.3, -0.25) is 11.3 Å². The fourth-order valence-electron chi connectivity index (χ4n) is 2.46. The van der Waals surface area contributed by atoms with E-state index in [1.54, 1.807) is 0 Å². The van der Waals surface area contributed by atoms with Crippen molar-refractivity contribution in [3.05, 3.63) is 0 Å². The van der Waals surface area contributed by atoms with Crippen LogP contribution in [0.1, 0.15) is 39.0 Å². The van der Waals surface area contributed by atoms with Crippen LogP contribution in [0.5, 0.6) is 0 Å². The number of rotatable bonds is 3. The molecule has 90 valence electrons. The van der Waals surface area contributed by atoms with E-state index in [1.165, 1.54) is 0 Å². The van der Waals surface area contributed by atoms with Crippen molar-refractivity contribution >= 4 is 0 Å². The van der Waals surface area contributed by atoms with Crippen molar-refractivity contribution in [1.29, 1.82) is 0 Å². The predicted octanol–water partition coefficient (Wildman–Crippen LogP) is 2.60. The summed E-state index contributed by atoms with van der Waals surface area (Å²) in [5, 5.41) is 0. The molecule has 0 aromatic heterocycles. The lowest BCUT2D eigenvalue weighted by atomic mass is 9.78. The Morgan fingerprint density at radius 3 is 2.53 bits per heavy atom. The minimum atomic E-state index is -4.13. The number of nitrogens with one attached hydrogen (secondary N) is 1. The van der Waals surface area contributed by atoms with Gasteiger partial charge in [-0.05, 0) is 24.7 Å². The van der Waals surface area contributed by atoms with Gasteiger partial charge in [0.25, 0.3) is 0 Å². The predicted molar refractivity (Wildman–Crippen MR) is 52.9 cm³/mol. The van der Waals surface area contributed by atoms with Crippen LogP contribution >= 0.6 is 0 Å². The molecule has 0 aromatic rings. The van der Waals surface area contributed by atoms with Crippen molar-refractivity contribution in [2.45, 2.75) is 51.2 Å². The second kappa shape index (κ2) is 5.16. The van der Waals surface area contributed by atoms with Crippen molar-refractivity contribution < 1.29 is 13.2 Å². The van der Waals surface area contributed by atoms with Gasteiger partial charge in [0.05, 0.1) is 6.42 Å². The maximum absolute atomic E-state index is 12.2. The van der Waals surface area contributed by atoms with Crippen molar-refractivity contribution in [3.63, 3.8) is 0 Å². The second-order valence-electron chi connectivity index (χ2n) is 4.62. The highest BCUT2D eigenvalue weighted by Gasteiger charge is 2.36. The largest absolute Gasteiger partial charge is 0.390 e. The monoisotopic (exact) mass is 224 g/mol. The van der Waals surface area contributed by atoms with Gasteiger partial charge in [-0.15, -0.1) is 0 Å². The van der Waals surface area contributed by atoms with Crippen LogP contribution in [0, 0.1) is 11.8 Å². The number of alkyl halides is 3. The molecular weight excluding hydrogens is 205 g/mol. The third-order valence-electron chi connectivity index (χ3n) is 3.21. The highest BCUT2D eigenvalue weighted by Crippen LogP contribution is 2.34. The fourth-order valence-corrected chi connectivity index (χ4v) is 2.46. The zero-order chi connectivity index (χ0) is 11.5. The standard InChI is InChI=1S/C10H19F3N2/c1-7-3-2-4-8(5-7)9(15-14)6-10(11,12)13/h7-9,15H,2-6,14H2,1H3. The average molecular weight is 224 g/mol. The number of hydrogen-bond donors (Lipinski definition) is 2. The first-order valence-electron chi connectivity index (χ1n) is 5.45. The first kappa shape index (κ1) is 12.8. The Morgan fingerprint density at radius 1 is 1.40 bits per heavy atom. The Hall–Kier alpha value is -0.290. The molecule has 0 spiro atoms. The third kappa shape index (κ3) is 4.38. The van der Waals surface area contributed by atoms with Crippen LogP contribution in [-0.4, -0.2) is 12.2 Å². The smallest absolute Gasteiger partial charge is 0.271 e. The third-order valence-corrected chi connectivity index (χ3v) is 3.21. The second-order valence-corrected chi connectivity index (χ2v) is 4.62. The van der Waals surface area contributed by atoms with Crippen LogP contribution in [-0.2, 0) is 0 Å². The minimum Gasteiger partial charge on any atom is -0.271 e. The molecule has 15 heavy (non-hydrogen) atoms. The van der Waals surface area contributed by atoms with E-state index in [2.05, 4.69) is 12.3 Å². The molecule has 3 atom stereocenters. The summed E-state index contributed by atoms with van der Waals surface area (Å²) in [7, 11) is 0. The van der Waals surface area contributed by atoms with E-state index in [9.17, 15) is 13.2 Å². The molecule has 3 unspecified atom stereocenters. The van der Waals surface area contributed by atoms with E-state index < -0.39 is 18.6 Å². The highest BCUT2D eigenvalue weighted by molar-refractivity contribution is 4.81. The summed E-state index contributed by atoms with van der Waals surface area (Å²) < 4.78 is 36.7. The molecule has 0 aliphatic heterocycles. The van der Waals surface area contributed by atoms with Gasteiger partial charge in [0.15, 0.2) is 0 Å². The Balaban J connectivity index is 2.50. The average Bonchev–Trinajstić information content (AvgIpc) is 2.13. The summed E-state index contributed by atoms with van der Waals surface area (Å²) in [6.07, 6.45) is -1.10. The molecule has 0 amide bonds. The molecule has 1 aliphatic rings. The SMILES string of the molecule is CC1CCCC(C(CC(F)(F)F)NN)C1. The molecule has 0 saturated heterocycles. The Morgan fingerprint density at radius 2 is 2.07 bits per heavy atom. The van der Waals surface area contributed by atoms with Gasteiger partial charge < -0.3 is 0 Å². The first-order valence-corrected chi connectivity index (χ1v) is 5.45. The summed E-state index contributed by atoms with van der Waals surface area (Å²) in [4.78, 5) is 0. The molecule has 1 saturated carbocycles. The maximum Gasteiger partial charge on any atom is 0.390 e. The Bertz CT molecular complexity index is 194. The summed E-state index contributed by atoms with van der Waals surface area (Å²) in [5.74, 6) is 5.80. The van der Waals surface area contributed by atoms with Crippen LogP contribution in [0.15, 0.2) is 0 Å². The van der Waals surface area contributed by atoms with Crippen LogP contribution in [0.3, 0.4) is 0 Å². The van der Waals surface area contributed by atoms with Gasteiger partial charge in [-0.25, -0.2) is 0 Å². The quantitative estimate of drug-likeness (QED) is 0.571. The molecular formula is C10H19F3N2. The molecule has 5 heteroatoms.